The predicted octanol–water partition coefficient (Wildman–Crippen LogP) is 2.13. The van der Waals surface area contributed by atoms with Crippen molar-refractivity contribution < 1.29 is 9.53 Å². The maximum absolute atomic E-state index is 12.8. The van der Waals surface area contributed by atoms with E-state index in [1.807, 2.05) is 11.0 Å². The molecule has 0 N–H and O–H groups in total. The SMILES string of the molecule is CCn1c(CN2CCC[C@@H](C(=O)N3CCOCC3)C2)nc2ccccc21. The number of aryl methyl sites for hydroxylation is 1. The van der Waals surface area contributed by atoms with Gasteiger partial charge in [0.25, 0.3) is 0 Å². The third-order valence-electron chi connectivity index (χ3n) is 5.59. The van der Waals surface area contributed by atoms with Crippen LogP contribution in [0.25, 0.3) is 11.0 Å². The Bertz CT molecular complexity index is 766. The van der Waals surface area contributed by atoms with E-state index in [0.717, 1.165) is 63.5 Å². The maximum atomic E-state index is 12.8. The molecule has 6 nitrogen and oxygen atoms in total. The van der Waals surface area contributed by atoms with E-state index in [9.17, 15) is 4.79 Å². The third kappa shape index (κ3) is 3.48. The first kappa shape index (κ1) is 17.5. The highest BCUT2D eigenvalue weighted by atomic mass is 16.5. The van der Waals surface area contributed by atoms with Crippen molar-refractivity contribution in [1.82, 2.24) is 19.4 Å². The highest BCUT2D eigenvalue weighted by molar-refractivity contribution is 5.79. The number of carbonyl (C=O) groups is 1. The van der Waals surface area contributed by atoms with E-state index in [4.69, 9.17) is 9.72 Å². The lowest BCUT2D eigenvalue weighted by atomic mass is 9.96. The van der Waals surface area contributed by atoms with Gasteiger partial charge in [-0.2, -0.15) is 0 Å². The van der Waals surface area contributed by atoms with Crippen LogP contribution in [0.4, 0.5) is 0 Å². The van der Waals surface area contributed by atoms with Crippen molar-refractivity contribution in [2.45, 2.75) is 32.9 Å². The summed E-state index contributed by atoms with van der Waals surface area (Å²) in [7, 11) is 0. The second-order valence-electron chi connectivity index (χ2n) is 7.27. The smallest absolute Gasteiger partial charge is 0.227 e. The predicted molar refractivity (Wildman–Crippen MR) is 101 cm³/mol. The number of aromatic nitrogens is 2. The number of rotatable bonds is 4. The fourth-order valence-corrected chi connectivity index (χ4v) is 4.24. The monoisotopic (exact) mass is 356 g/mol. The lowest BCUT2D eigenvalue weighted by Crippen LogP contribution is -2.48. The molecular formula is C20H28N4O2. The van der Waals surface area contributed by atoms with Crippen molar-refractivity contribution >= 4 is 16.9 Å². The van der Waals surface area contributed by atoms with Crippen LogP contribution in [0, 0.1) is 5.92 Å². The minimum Gasteiger partial charge on any atom is -0.378 e. The fraction of sp³-hybridized carbons (Fsp3) is 0.600. The third-order valence-corrected chi connectivity index (χ3v) is 5.59. The Labute approximate surface area is 154 Å². The standard InChI is InChI=1S/C20H28N4O2/c1-2-24-18-8-4-3-7-17(18)21-19(24)15-22-9-5-6-16(14-22)20(25)23-10-12-26-13-11-23/h3-4,7-8,16H,2,5-6,9-15H2,1H3/t16-/m1/s1. The van der Waals surface area contributed by atoms with E-state index >= 15 is 0 Å². The molecule has 140 valence electrons. The summed E-state index contributed by atoms with van der Waals surface area (Å²) < 4.78 is 7.67. The number of fused-ring (bicyclic) bond motifs is 1. The number of hydrogen-bond acceptors (Lipinski definition) is 4. The normalized spacial score (nSPS) is 22.0. The lowest BCUT2D eigenvalue weighted by Gasteiger charge is -2.36. The number of hydrogen-bond donors (Lipinski definition) is 0. The number of amides is 1. The number of para-hydroxylation sites is 2. The molecule has 2 aliphatic rings. The highest BCUT2D eigenvalue weighted by Gasteiger charge is 2.30. The number of carbonyl (C=O) groups excluding carboxylic acids is 1. The van der Waals surface area contributed by atoms with Gasteiger partial charge in [-0.25, -0.2) is 4.98 Å². The van der Waals surface area contributed by atoms with Crippen molar-refractivity contribution in [3.63, 3.8) is 0 Å². The van der Waals surface area contributed by atoms with Gasteiger partial charge in [0.05, 0.1) is 36.7 Å². The zero-order valence-corrected chi connectivity index (χ0v) is 15.6. The molecule has 0 radical (unpaired) electrons. The van der Waals surface area contributed by atoms with Crippen LogP contribution in [0.1, 0.15) is 25.6 Å². The number of nitrogens with zero attached hydrogens (tertiary/aromatic N) is 4. The molecule has 0 unspecified atom stereocenters. The van der Waals surface area contributed by atoms with Gasteiger partial charge in [-0.05, 0) is 38.4 Å². The second-order valence-corrected chi connectivity index (χ2v) is 7.27. The minimum atomic E-state index is 0.112. The fourth-order valence-electron chi connectivity index (χ4n) is 4.24. The molecule has 4 rings (SSSR count). The molecule has 26 heavy (non-hydrogen) atoms. The van der Waals surface area contributed by atoms with Gasteiger partial charge < -0.3 is 14.2 Å². The van der Waals surface area contributed by atoms with Gasteiger partial charge in [-0.15, -0.1) is 0 Å². The summed E-state index contributed by atoms with van der Waals surface area (Å²) in [6, 6.07) is 8.32. The summed E-state index contributed by atoms with van der Waals surface area (Å²) in [6.07, 6.45) is 2.07. The van der Waals surface area contributed by atoms with Crippen molar-refractivity contribution in [2.24, 2.45) is 5.92 Å². The average molecular weight is 356 g/mol. The van der Waals surface area contributed by atoms with E-state index in [-0.39, 0.29) is 5.92 Å². The van der Waals surface area contributed by atoms with E-state index in [2.05, 4.69) is 34.6 Å². The van der Waals surface area contributed by atoms with Gasteiger partial charge in [0.1, 0.15) is 5.82 Å². The number of likely N-dealkylation sites (tertiary alicyclic amines) is 1. The summed E-state index contributed by atoms with van der Waals surface area (Å²) in [5, 5.41) is 0. The maximum Gasteiger partial charge on any atom is 0.227 e. The first-order valence-electron chi connectivity index (χ1n) is 9.79. The van der Waals surface area contributed by atoms with Gasteiger partial charge in [-0.3, -0.25) is 9.69 Å². The van der Waals surface area contributed by atoms with E-state index < -0.39 is 0 Å². The summed E-state index contributed by atoms with van der Waals surface area (Å²) in [4.78, 5) is 22.1. The quantitative estimate of drug-likeness (QED) is 0.842. The molecule has 1 aromatic heterocycles. The molecule has 0 spiro atoms. The van der Waals surface area contributed by atoms with Gasteiger partial charge in [-0.1, -0.05) is 12.1 Å². The number of benzene rings is 1. The van der Waals surface area contributed by atoms with Gasteiger partial charge in [0.2, 0.25) is 5.91 Å². The number of ether oxygens (including phenoxy) is 1. The molecule has 1 atom stereocenters. The van der Waals surface area contributed by atoms with Crippen LogP contribution >= 0.6 is 0 Å². The van der Waals surface area contributed by atoms with Crippen LogP contribution in [0.3, 0.4) is 0 Å². The van der Waals surface area contributed by atoms with Crippen LogP contribution in [-0.2, 0) is 22.6 Å². The van der Waals surface area contributed by atoms with Gasteiger partial charge in [0.15, 0.2) is 0 Å². The van der Waals surface area contributed by atoms with Crippen LogP contribution < -0.4 is 0 Å². The Morgan fingerprint density at radius 3 is 2.85 bits per heavy atom. The Balaban J connectivity index is 1.46. The van der Waals surface area contributed by atoms with Crippen molar-refractivity contribution in [3.8, 4) is 0 Å². The Morgan fingerprint density at radius 1 is 1.23 bits per heavy atom. The van der Waals surface area contributed by atoms with E-state index in [1.165, 1.54) is 5.52 Å². The molecule has 3 heterocycles. The molecule has 2 fully saturated rings. The molecule has 2 aromatic rings. The molecular weight excluding hydrogens is 328 g/mol. The molecule has 1 amide bonds. The molecule has 1 aromatic carbocycles. The summed E-state index contributed by atoms with van der Waals surface area (Å²) in [6.45, 7) is 8.59. The summed E-state index contributed by atoms with van der Waals surface area (Å²) in [5.41, 5.74) is 2.25. The lowest BCUT2D eigenvalue weighted by molar-refractivity contribution is -0.141. The van der Waals surface area contributed by atoms with Gasteiger partial charge in [0, 0.05) is 26.2 Å². The van der Waals surface area contributed by atoms with Crippen LogP contribution in [0.15, 0.2) is 24.3 Å². The Kier molecular flexibility index (Phi) is 5.22. The molecule has 6 heteroatoms. The second kappa shape index (κ2) is 7.76. The first-order valence-corrected chi connectivity index (χ1v) is 9.79. The number of morpholine rings is 1. The number of imidazole rings is 1. The first-order chi connectivity index (χ1) is 12.8. The van der Waals surface area contributed by atoms with Crippen LogP contribution in [-0.4, -0.2) is 64.7 Å². The Hall–Kier alpha value is -1.92. The topological polar surface area (TPSA) is 50.6 Å². The van der Waals surface area contributed by atoms with Crippen molar-refractivity contribution in [1.29, 1.82) is 0 Å². The van der Waals surface area contributed by atoms with Crippen LogP contribution in [0.2, 0.25) is 0 Å². The van der Waals surface area contributed by atoms with Crippen molar-refractivity contribution in [3.05, 3.63) is 30.1 Å². The summed E-state index contributed by atoms with van der Waals surface area (Å²) >= 11 is 0. The van der Waals surface area contributed by atoms with Gasteiger partial charge >= 0.3 is 0 Å². The zero-order valence-electron chi connectivity index (χ0n) is 15.6. The highest BCUT2D eigenvalue weighted by Crippen LogP contribution is 2.23. The number of piperidine rings is 1. The molecule has 2 aliphatic heterocycles. The molecule has 0 saturated carbocycles. The molecule has 2 saturated heterocycles. The molecule has 0 bridgehead atoms. The largest absolute Gasteiger partial charge is 0.378 e. The summed E-state index contributed by atoms with van der Waals surface area (Å²) in [5.74, 6) is 1.52. The van der Waals surface area contributed by atoms with Crippen molar-refractivity contribution in [2.75, 3.05) is 39.4 Å². The van der Waals surface area contributed by atoms with E-state index in [1.54, 1.807) is 0 Å². The van der Waals surface area contributed by atoms with E-state index in [0.29, 0.717) is 19.1 Å². The minimum absolute atomic E-state index is 0.112. The Morgan fingerprint density at radius 2 is 2.04 bits per heavy atom. The average Bonchev–Trinajstić information content (AvgIpc) is 3.05. The molecule has 0 aliphatic carbocycles. The van der Waals surface area contributed by atoms with Crippen LogP contribution in [0.5, 0.6) is 0 Å². The zero-order chi connectivity index (χ0) is 17.9.